The zero-order valence-corrected chi connectivity index (χ0v) is 12.9. The van der Waals surface area contributed by atoms with E-state index in [-0.39, 0.29) is 23.7 Å². The summed E-state index contributed by atoms with van der Waals surface area (Å²) in [6.07, 6.45) is 0.490. The summed E-state index contributed by atoms with van der Waals surface area (Å²) < 4.78 is 5.26. The maximum Gasteiger partial charge on any atom is 0.306 e. The molecule has 1 aromatic rings. The fourth-order valence-corrected chi connectivity index (χ4v) is 2.90. The smallest absolute Gasteiger partial charge is 0.306 e. The molecule has 2 unspecified atom stereocenters. The molecular weight excluding hydrogens is 272 g/mol. The van der Waals surface area contributed by atoms with Crippen molar-refractivity contribution in [3.63, 3.8) is 0 Å². The number of hydrogen-bond donors (Lipinski definition) is 1. The Kier molecular flexibility index (Phi) is 4.34. The van der Waals surface area contributed by atoms with Crippen LogP contribution < -0.4 is 0 Å². The summed E-state index contributed by atoms with van der Waals surface area (Å²) in [5.74, 6) is -0.624. The zero-order chi connectivity index (χ0) is 15.7. The fourth-order valence-electron chi connectivity index (χ4n) is 2.90. The molecule has 1 fully saturated rings. The maximum absolute atomic E-state index is 12.7. The van der Waals surface area contributed by atoms with Crippen LogP contribution in [0.1, 0.15) is 54.9 Å². The van der Waals surface area contributed by atoms with E-state index in [0.29, 0.717) is 36.5 Å². The Morgan fingerprint density at radius 3 is 2.62 bits per heavy atom. The minimum atomic E-state index is -0.779. The van der Waals surface area contributed by atoms with Crippen LogP contribution in [0.25, 0.3) is 0 Å². The molecule has 1 N–H and O–H groups in total. The second kappa shape index (κ2) is 5.87. The number of carbonyl (C=O) groups is 2. The number of aliphatic carboxylic acids is 1. The number of rotatable bonds is 3. The van der Waals surface area contributed by atoms with Crippen molar-refractivity contribution in [1.29, 1.82) is 0 Å². The first-order valence-corrected chi connectivity index (χ1v) is 7.31. The number of nitrogens with zero attached hydrogens (tertiary/aromatic N) is 2. The van der Waals surface area contributed by atoms with Crippen molar-refractivity contribution in [2.75, 3.05) is 13.1 Å². The molecule has 0 saturated carbocycles. The van der Waals surface area contributed by atoms with Crippen LogP contribution in [0.4, 0.5) is 0 Å². The quantitative estimate of drug-likeness (QED) is 0.924. The molecular formula is C15H22N2O4. The molecule has 116 valence electrons. The average Bonchev–Trinajstić information content (AvgIpc) is 2.79. The van der Waals surface area contributed by atoms with Crippen LogP contribution in [-0.4, -0.2) is 40.1 Å². The first-order valence-electron chi connectivity index (χ1n) is 7.31. The molecule has 1 saturated heterocycles. The lowest BCUT2D eigenvalue weighted by molar-refractivity contribution is -0.145. The number of carbonyl (C=O) groups excluding carboxylic acids is 1. The molecule has 1 aliphatic heterocycles. The molecule has 1 amide bonds. The zero-order valence-electron chi connectivity index (χ0n) is 12.9. The molecule has 2 heterocycles. The Labute approximate surface area is 124 Å². The molecule has 2 rings (SSSR count). The molecule has 6 heteroatoms. The normalized spacial score (nSPS) is 22.6. The predicted molar refractivity (Wildman–Crippen MR) is 76.1 cm³/mol. The molecule has 0 spiro atoms. The minimum absolute atomic E-state index is 0.0529. The lowest BCUT2D eigenvalue weighted by Crippen LogP contribution is -2.45. The van der Waals surface area contributed by atoms with Gasteiger partial charge in [0.05, 0.1) is 11.6 Å². The van der Waals surface area contributed by atoms with Crippen LogP contribution >= 0.6 is 0 Å². The number of piperidine rings is 1. The Balaban J connectivity index is 2.19. The van der Waals surface area contributed by atoms with Gasteiger partial charge in [-0.1, -0.05) is 25.9 Å². The highest BCUT2D eigenvalue weighted by Gasteiger charge is 2.35. The minimum Gasteiger partial charge on any atom is -0.481 e. The van der Waals surface area contributed by atoms with E-state index in [1.54, 1.807) is 11.8 Å². The highest BCUT2D eigenvalue weighted by molar-refractivity contribution is 5.96. The van der Waals surface area contributed by atoms with Crippen LogP contribution in [0.15, 0.2) is 4.52 Å². The van der Waals surface area contributed by atoms with Gasteiger partial charge in [-0.05, 0) is 19.3 Å². The van der Waals surface area contributed by atoms with Gasteiger partial charge in [0.1, 0.15) is 5.56 Å². The number of carboxylic acids is 1. The number of aromatic nitrogens is 1. The van der Waals surface area contributed by atoms with E-state index in [1.807, 2.05) is 20.8 Å². The SMILES string of the molecule is Cc1noc(C(C)C)c1C(=O)N1CCC(C(=O)O)C(C)C1. The number of likely N-dealkylation sites (tertiary alicyclic amines) is 1. The monoisotopic (exact) mass is 294 g/mol. The highest BCUT2D eigenvalue weighted by atomic mass is 16.5. The van der Waals surface area contributed by atoms with Gasteiger partial charge in [0.25, 0.3) is 5.91 Å². The lowest BCUT2D eigenvalue weighted by Gasteiger charge is -2.35. The van der Waals surface area contributed by atoms with Crippen molar-refractivity contribution in [3.05, 3.63) is 17.0 Å². The molecule has 0 bridgehead atoms. The van der Waals surface area contributed by atoms with Crippen molar-refractivity contribution in [2.24, 2.45) is 11.8 Å². The maximum atomic E-state index is 12.7. The number of amides is 1. The Hall–Kier alpha value is -1.85. The van der Waals surface area contributed by atoms with Gasteiger partial charge in [-0.3, -0.25) is 9.59 Å². The highest BCUT2D eigenvalue weighted by Crippen LogP contribution is 2.28. The van der Waals surface area contributed by atoms with Crippen molar-refractivity contribution < 1.29 is 19.2 Å². The van der Waals surface area contributed by atoms with Crippen molar-refractivity contribution in [3.8, 4) is 0 Å². The second-order valence-corrected chi connectivity index (χ2v) is 6.12. The third kappa shape index (κ3) is 2.94. The Bertz CT molecular complexity index is 550. The molecule has 0 aromatic carbocycles. The van der Waals surface area contributed by atoms with Gasteiger partial charge in [-0.2, -0.15) is 0 Å². The van der Waals surface area contributed by atoms with Gasteiger partial charge in [-0.15, -0.1) is 0 Å². The first kappa shape index (κ1) is 15.5. The molecule has 21 heavy (non-hydrogen) atoms. The van der Waals surface area contributed by atoms with Gasteiger partial charge in [0.15, 0.2) is 5.76 Å². The topological polar surface area (TPSA) is 83.6 Å². The largest absolute Gasteiger partial charge is 0.481 e. The Morgan fingerprint density at radius 2 is 2.10 bits per heavy atom. The van der Waals surface area contributed by atoms with Gasteiger partial charge < -0.3 is 14.5 Å². The van der Waals surface area contributed by atoms with Crippen LogP contribution in [-0.2, 0) is 4.79 Å². The van der Waals surface area contributed by atoms with Crippen molar-refractivity contribution in [1.82, 2.24) is 10.1 Å². The number of aryl methyl sites for hydroxylation is 1. The average molecular weight is 294 g/mol. The summed E-state index contributed by atoms with van der Waals surface area (Å²) in [5, 5.41) is 13.0. The third-order valence-electron chi connectivity index (χ3n) is 4.14. The summed E-state index contributed by atoms with van der Waals surface area (Å²) in [6.45, 7) is 8.46. The van der Waals surface area contributed by atoms with Crippen LogP contribution in [0.2, 0.25) is 0 Å². The lowest BCUT2D eigenvalue weighted by atomic mass is 9.86. The van der Waals surface area contributed by atoms with Gasteiger partial charge in [0, 0.05) is 19.0 Å². The Morgan fingerprint density at radius 1 is 1.43 bits per heavy atom. The third-order valence-corrected chi connectivity index (χ3v) is 4.14. The molecule has 1 aliphatic rings. The van der Waals surface area contributed by atoms with Gasteiger partial charge in [-0.25, -0.2) is 0 Å². The van der Waals surface area contributed by atoms with Crippen LogP contribution in [0, 0.1) is 18.8 Å². The summed E-state index contributed by atoms with van der Waals surface area (Å²) in [7, 11) is 0. The number of carboxylic acid groups (broad SMARTS) is 1. The van der Waals surface area contributed by atoms with E-state index in [4.69, 9.17) is 9.63 Å². The van der Waals surface area contributed by atoms with Crippen LogP contribution in [0.3, 0.4) is 0 Å². The standard InChI is InChI=1S/C15H22N2O4/c1-8(2)13-12(10(4)16-21-13)14(18)17-6-5-11(15(19)20)9(3)7-17/h8-9,11H,5-7H2,1-4H3,(H,19,20). The molecule has 6 nitrogen and oxygen atoms in total. The molecule has 0 aliphatic carbocycles. The first-order chi connectivity index (χ1) is 9.82. The van der Waals surface area contributed by atoms with E-state index in [9.17, 15) is 9.59 Å². The van der Waals surface area contributed by atoms with Gasteiger partial charge >= 0.3 is 5.97 Å². The predicted octanol–water partition coefficient (Wildman–Crippen LogP) is 2.29. The fraction of sp³-hybridized carbons (Fsp3) is 0.667. The van der Waals surface area contributed by atoms with Crippen LogP contribution in [0.5, 0.6) is 0 Å². The second-order valence-electron chi connectivity index (χ2n) is 6.12. The summed E-state index contributed by atoms with van der Waals surface area (Å²) in [4.78, 5) is 25.6. The summed E-state index contributed by atoms with van der Waals surface area (Å²) in [5.41, 5.74) is 1.13. The van der Waals surface area contributed by atoms with E-state index < -0.39 is 5.97 Å². The summed E-state index contributed by atoms with van der Waals surface area (Å²) >= 11 is 0. The summed E-state index contributed by atoms with van der Waals surface area (Å²) in [6, 6.07) is 0. The van der Waals surface area contributed by atoms with E-state index >= 15 is 0 Å². The van der Waals surface area contributed by atoms with Crippen molar-refractivity contribution in [2.45, 2.75) is 40.0 Å². The van der Waals surface area contributed by atoms with Gasteiger partial charge in [0.2, 0.25) is 0 Å². The van der Waals surface area contributed by atoms with E-state index in [0.717, 1.165) is 0 Å². The van der Waals surface area contributed by atoms with E-state index in [1.165, 1.54) is 0 Å². The molecule has 0 radical (unpaired) electrons. The molecule has 1 aromatic heterocycles. The van der Waals surface area contributed by atoms with E-state index in [2.05, 4.69) is 5.16 Å². The number of hydrogen-bond acceptors (Lipinski definition) is 4. The molecule has 2 atom stereocenters. The van der Waals surface area contributed by atoms with Crippen molar-refractivity contribution >= 4 is 11.9 Å².